The van der Waals surface area contributed by atoms with E-state index in [1.54, 1.807) is 16.7 Å². The first-order valence-electron chi connectivity index (χ1n) is 10.2. The van der Waals surface area contributed by atoms with E-state index in [1.807, 2.05) is 0 Å². The van der Waals surface area contributed by atoms with Crippen LogP contribution in [0.1, 0.15) is 89.3 Å². The fraction of sp³-hybridized carbons (Fsp3) is 0.739. The first-order chi connectivity index (χ1) is 11.3. The molecule has 1 aromatic rings. The maximum atomic E-state index is 2.85. The number of nitrogens with zero attached hydrogens (tertiary/aromatic N) is 1. The Hall–Kier alpha value is -0.820. The molecule has 1 saturated heterocycles. The quantitative estimate of drug-likeness (QED) is 0.643. The van der Waals surface area contributed by atoms with Crippen LogP contribution in [0.2, 0.25) is 0 Å². The summed E-state index contributed by atoms with van der Waals surface area (Å²) >= 11 is 0. The monoisotopic (exact) mass is 325 g/mol. The van der Waals surface area contributed by atoms with E-state index in [0.717, 1.165) is 12.0 Å². The summed E-state index contributed by atoms with van der Waals surface area (Å²) < 4.78 is 0. The molecule has 1 nitrogen and oxygen atoms in total. The molecule has 132 valence electrons. The van der Waals surface area contributed by atoms with E-state index in [4.69, 9.17) is 0 Å². The lowest BCUT2D eigenvalue weighted by Gasteiger charge is -2.61. The highest BCUT2D eigenvalue weighted by atomic mass is 15.2. The molecule has 1 saturated carbocycles. The highest BCUT2D eigenvalue weighted by Crippen LogP contribution is 2.56. The minimum Gasteiger partial charge on any atom is -0.295 e. The Morgan fingerprint density at radius 1 is 1.12 bits per heavy atom. The average Bonchev–Trinajstić information content (AvgIpc) is 2.53. The molecule has 24 heavy (non-hydrogen) atoms. The molecule has 1 heteroatoms. The number of hydrogen-bond donors (Lipinski definition) is 0. The van der Waals surface area contributed by atoms with Crippen LogP contribution in [0.15, 0.2) is 18.2 Å². The molecule has 0 N–H and O–H groups in total. The zero-order valence-corrected chi connectivity index (χ0v) is 16.4. The third-order valence-corrected chi connectivity index (χ3v) is 7.39. The van der Waals surface area contributed by atoms with Gasteiger partial charge in [-0.2, -0.15) is 0 Å². The Balaban J connectivity index is 1.83. The molecule has 3 atom stereocenters. The molecule has 2 aliphatic carbocycles. The van der Waals surface area contributed by atoms with Crippen molar-refractivity contribution in [3.05, 3.63) is 34.9 Å². The maximum Gasteiger partial charge on any atom is 0.0178 e. The fourth-order valence-corrected chi connectivity index (χ4v) is 6.21. The number of hydrogen-bond acceptors (Lipinski definition) is 1. The van der Waals surface area contributed by atoms with Crippen LogP contribution >= 0.6 is 0 Å². The van der Waals surface area contributed by atoms with Gasteiger partial charge in [-0.1, -0.05) is 44.9 Å². The van der Waals surface area contributed by atoms with Gasteiger partial charge < -0.3 is 0 Å². The third-order valence-electron chi connectivity index (χ3n) is 7.39. The van der Waals surface area contributed by atoms with Crippen LogP contribution in [0.3, 0.4) is 0 Å². The normalized spacial score (nSPS) is 33.2. The maximum absolute atomic E-state index is 2.85. The molecule has 0 radical (unpaired) electrons. The van der Waals surface area contributed by atoms with E-state index < -0.39 is 0 Å². The Morgan fingerprint density at radius 3 is 2.62 bits per heavy atom. The van der Waals surface area contributed by atoms with Crippen LogP contribution in [-0.4, -0.2) is 23.0 Å². The van der Waals surface area contributed by atoms with Gasteiger partial charge in [0.2, 0.25) is 0 Å². The lowest BCUT2D eigenvalue weighted by molar-refractivity contribution is -0.0542. The number of piperidine rings is 1. The minimum atomic E-state index is 0.295. The van der Waals surface area contributed by atoms with Crippen LogP contribution in [-0.2, 0) is 11.8 Å². The SMILES string of the molecule is CC(C)c1ccc2c(c1)C13CCCCC1[C@H](C2)N(C(C)(C)C)CC3. The number of fused-ring (bicyclic) bond motifs is 1. The van der Waals surface area contributed by atoms with E-state index in [9.17, 15) is 0 Å². The van der Waals surface area contributed by atoms with Gasteiger partial charge in [-0.15, -0.1) is 0 Å². The Labute approximate surface area is 148 Å². The molecule has 4 rings (SSSR count). The summed E-state index contributed by atoms with van der Waals surface area (Å²) in [5, 5.41) is 0. The fourth-order valence-electron chi connectivity index (χ4n) is 6.21. The van der Waals surface area contributed by atoms with Crippen LogP contribution in [0.5, 0.6) is 0 Å². The van der Waals surface area contributed by atoms with Crippen molar-refractivity contribution in [1.82, 2.24) is 4.90 Å². The predicted molar refractivity (Wildman–Crippen MR) is 103 cm³/mol. The molecule has 1 heterocycles. The summed E-state index contributed by atoms with van der Waals surface area (Å²) in [6.07, 6.45) is 8.41. The van der Waals surface area contributed by atoms with Gasteiger partial charge in [-0.25, -0.2) is 0 Å². The van der Waals surface area contributed by atoms with Crippen LogP contribution in [0, 0.1) is 5.92 Å². The highest BCUT2D eigenvalue weighted by Gasteiger charge is 2.55. The molecule has 1 aromatic carbocycles. The van der Waals surface area contributed by atoms with E-state index in [1.165, 1.54) is 45.1 Å². The lowest BCUT2D eigenvalue weighted by atomic mass is 9.52. The summed E-state index contributed by atoms with van der Waals surface area (Å²) in [7, 11) is 0. The van der Waals surface area contributed by atoms with Gasteiger partial charge in [0.05, 0.1) is 0 Å². The second kappa shape index (κ2) is 5.59. The molecular formula is C23H35N. The van der Waals surface area contributed by atoms with Gasteiger partial charge in [0.25, 0.3) is 0 Å². The molecule has 0 aromatic heterocycles. The van der Waals surface area contributed by atoms with Crippen LogP contribution in [0.25, 0.3) is 0 Å². The number of benzene rings is 1. The van der Waals surface area contributed by atoms with Crippen molar-refractivity contribution >= 4 is 0 Å². The van der Waals surface area contributed by atoms with Crippen molar-refractivity contribution in [1.29, 1.82) is 0 Å². The first kappa shape index (κ1) is 16.6. The average molecular weight is 326 g/mol. The lowest BCUT2D eigenvalue weighted by Crippen LogP contribution is -2.64. The van der Waals surface area contributed by atoms with Crippen molar-refractivity contribution in [3.63, 3.8) is 0 Å². The summed E-state index contributed by atoms with van der Waals surface area (Å²) in [4.78, 5) is 2.85. The van der Waals surface area contributed by atoms with Gasteiger partial charge in [0.15, 0.2) is 0 Å². The molecule has 1 aliphatic heterocycles. The number of rotatable bonds is 1. The molecule has 0 spiro atoms. The molecule has 2 unspecified atom stereocenters. The van der Waals surface area contributed by atoms with Crippen molar-refractivity contribution in [3.8, 4) is 0 Å². The molecular weight excluding hydrogens is 290 g/mol. The van der Waals surface area contributed by atoms with Crippen LogP contribution in [0.4, 0.5) is 0 Å². The van der Waals surface area contributed by atoms with E-state index >= 15 is 0 Å². The van der Waals surface area contributed by atoms with E-state index in [2.05, 4.69) is 57.7 Å². The highest BCUT2D eigenvalue weighted by molar-refractivity contribution is 5.44. The largest absolute Gasteiger partial charge is 0.295 e. The zero-order chi connectivity index (χ0) is 17.1. The van der Waals surface area contributed by atoms with Crippen molar-refractivity contribution in [2.45, 2.75) is 96.1 Å². The molecule has 3 aliphatic rings. The molecule has 2 fully saturated rings. The van der Waals surface area contributed by atoms with Crippen molar-refractivity contribution in [2.24, 2.45) is 5.92 Å². The standard InChI is InChI=1S/C23H35N/c1-16(2)17-9-10-18-15-21-19-8-6-7-11-23(19,20(18)14-17)12-13-24(21)22(3,4)5/h9-10,14,16,19,21H,6-8,11-13,15H2,1-5H3/t19?,21-,23?/m0/s1. The first-order valence-corrected chi connectivity index (χ1v) is 10.2. The van der Waals surface area contributed by atoms with E-state index in [-0.39, 0.29) is 0 Å². The minimum absolute atomic E-state index is 0.295. The Bertz CT molecular complexity index is 623. The van der Waals surface area contributed by atoms with Gasteiger partial charge in [-0.3, -0.25) is 4.90 Å². The predicted octanol–water partition coefficient (Wildman–Crippen LogP) is 5.67. The summed E-state index contributed by atoms with van der Waals surface area (Å²) in [6.45, 7) is 13.2. The van der Waals surface area contributed by atoms with Gasteiger partial charge in [0.1, 0.15) is 0 Å². The summed E-state index contributed by atoms with van der Waals surface area (Å²) in [5.74, 6) is 1.52. The van der Waals surface area contributed by atoms with Gasteiger partial charge in [0, 0.05) is 17.0 Å². The van der Waals surface area contributed by atoms with Gasteiger partial charge >= 0.3 is 0 Å². The van der Waals surface area contributed by atoms with Gasteiger partial charge in [-0.05, 0) is 81.5 Å². The Morgan fingerprint density at radius 2 is 1.92 bits per heavy atom. The van der Waals surface area contributed by atoms with E-state index in [0.29, 0.717) is 16.9 Å². The second-order valence-electron chi connectivity index (χ2n) is 9.97. The van der Waals surface area contributed by atoms with Crippen molar-refractivity contribution < 1.29 is 0 Å². The van der Waals surface area contributed by atoms with Crippen molar-refractivity contribution in [2.75, 3.05) is 6.54 Å². The summed E-state index contributed by atoms with van der Waals surface area (Å²) in [5.41, 5.74) is 5.75. The second-order valence-corrected chi connectivity index (χ2v) is 9.97. The summed E-state index contributed by atoms with van der Waals surface area (Å²) in [6, 6.07) is 8.26. The van der Waals surface area contributed by atoms with Crippen LogP contribution < -0.4 is 0 Å². The smallest absolute Gasteiger partial charge is 0.0178 e. The molecule has 0 amide bonds. The Kier molecular flexibility index (Phi) is 3.88. The number of likely N-dealkylation sites (tertiary alicyclic amines) is 1. The third kappa shape index (κ3) is 2.38. The zero-order valence-electron chi connectivity index (χ0n) is 16.4. The molecule has 2 bridgehead atoms. The topological polar surface area (TPSA) is 3.24 Å².